The minimum Gasteiger partial charge on any atom is -0.469 e. The summed E-state index contributed by atoms with van der Waals surface area (Å²) in [4.78, 5) is 6.70. The van der Waals surface area contributed by atoms with Crippen molar-refractivity contribution < 1.29 is 12.8 Å². The van der Waals surface area contributed by atoms with Gasteiger partial charge in [-0.25, -0.2) is 8.42 Å². The molecule has 0 unspecified atom stereocenters. The first kappa shape index (κ1) is 24.6. The zero-order valence-electron chi connectivity index (χ0n) is 17.4. The van der Waals surface area contributed by atoms with Crippen LogP contribution in [0, 0.1) is 0 Å². The highest BCUT2D eigenvalue weighted by atomic mass is 127. The van der Waals surface area contributed by atoms with Crippen LogP contribution in [0.2, 0.25) is 0 Å². The van der Waals surface area contributed by atoms with E-state index in [-0.39, 0.29) is 24.0 Å². The van der Waals surface area contributed by atoms with E-state index in [1.54, 1.807) is 29.7 Å². The van der Waals surface area contributed by atoms with E-state index in [4.69, 9.17) is 4.42 Å². The molecule has 30 heavy (non-hydrogen) atoms. The predicted molar refractivity (Wildman–Crippen MR) is 129 cm³/mol. The van der Waals surface area contributed by atoms with Crippen molar-refractivity contribution in [2.24, 2.45) is 4.99 Å². The average molecular weight is 547 g/mol. The quantitative estimate of drug-likeness (QED) is 0.312. The SMILES string of the molecule is CN=C(NCCc1ccco1)NCc1ccccc1S(=O)(=O)N1CCN(C)CC1.I. The van der Waals surface area contributed by atoms with E-state index >= 15 is 0 Å². The fraction of sp³-hybridized carbons (Fsp3) is 0.450. The number of piperazine rings is 1. The average Bonchev–Trinajstić information content (AvgIpc) is 3.24. The normalized spacial score (nSPS) is 16.1. The van der Waals surface area contributed by atoms with Gasteiger partial charge in [-0.1, -0.05) is 18.2 Å². The number of rotatable bonds is 7. The van der Waals surface area contributed by atoms with Gasteiger partial charge < -0.3 is 20.0 Å². The Kier molecular flexibility index (Phi) is 9.59. The first-order valence-electron chi connectivity index (χ1n) is 9.74. The molecular formula is C20H30IN5O3S. The lowest BCUT2D eigenvalue weighted by Crippen LogP contribution is -2.47. The third kappa shape index (κ3) is 6.43. The van der Waals surface area contributed by atoms with Crippen molar-refractivity contribution in [1.29, 1.82) is 0 Å². The molecular weight excluding hydrogens is 517 g/mol. The minimum absolute atomic E-state index is 0. The molecule has 2 aromatic rings. The van der Waals surface area contributed by atoms with E-state index in [0.717, 1.165) is 30.8 Å². The molecule has 8 nitrogen and oxygen atoms in total. The van der Waals surface area contributed by atoms with Crippen LogP contribution < -0.4 is 10.6 Å². The van der Waals surface area contributed by atoms with Crippen molar-refractivity contribution in [3.63, 3.8) is 0 Å². The number of halogens is 1. The Balaban J connectivity index is 0.00000320. The van der Waals surface area contributed by atoms with E-state index in [1.807, 2.05) is 31.3 Å². The van der Waals surface area contributed by atoms with Gasteiger partial charge in [0.15, 0.2) is 5.96 Å². The highest BCUT2D eigenvalue weighted by Gasteiger charge is 2.29. The number of aliphatic imine (C=N–C) groups is 1. The summed E-state index contributed by atoms with van der Waals surface area (Å²) in [5.74, 6) is 1.51. The van der Waals surface area contributed by atoms with Crippen LogP contribution in [0.15, 0.2) is 57.0 Å². The molecule has 0 radical (unpaired) electrons. The third-order valence-corrected chi connectivity index (χ3v) is 6.97. The van der Waals surface area contributed by atoms with Crippen molar-refractivity contribution in [1.82, 2.24) is 19.8 Å². The van der Waals surface area contributed by atoms with Gasteiger partial charge in [0.1, 0.15) is 5.76 Å². The van der Waals surface area contributed by atoms with Gasteiger partial charge in [-0.2, -0.15) is 4.31 Å². The number of benzene rings is 1. The van der Waals surface area contributed by atoms with Crippen LogP contribution in [-0.2, 0) is 23.0 Å². The number of nitrogens with zero attached hydrogens (tertiary/aromatic N) is 3. The Labute approximate surface area is 195 Å². The summed E-state index contributed by atoms with van der Waals surface area (Å²) < 4.78 is 33.2. The lowest BCUT2D eigenvalue weighted by molar-refractivity contribution is 0.222. The third-order valence-electron chi connectivity index (χ3n) is 4.97. The topological polar surface area (TPSA) is 90.2 Å². The maximum absolute atomic E-state index is 13.2. The molecule has 1 aromatic carbocycles. The molecule has 1 aliphatic heterocycles. The number of hydrogen-bond acceptors (Lipinski definition) is 5. The number of hydrogen-bond donors (Lipinski definition) is 2. The first-order chi connectivity index (χ1) is 14.0. The fourth-order valence-corrected chi connectivity index (χ4v) is 4.87. The molecule has 166 valence electrons. The highest BCUT2D eigenvalue weighted by Crippen LogP contribution is 2.21. The molecule has 0 bridgehead atoms. The molecule has 0 atom stereocenters. The Morgan fingerprint density at radius 1 is 1.10 bits per heavy atom. The predicted octanol–water partition coefficient (Wildman–Crippen LogP) is 1.74. The van der Waals surface area contributed by atoms with Gasteiger partial charge in [0.2, 0.25) is 10.0 Å². The zero-order valence-corrected chi connectivity index (χ0v) is 20.5. The maximum atomic E-state index is 13.2. The largest absolute Gasteiger partial charge is 0.469 e. The zero-order chi connectivity index (χ0) is 20.7. The molecule has 0 spiro atoms. The molecule has 3 rings (SSSR count). The molecule has 1 aromatic heterocycles. The summed E-state index contributed by atoms with van der Waals surface area (Å²) >= 11 is 0. The van der Waals surface area contributed by atoms with Gasteiger partial charge in [0, 0.05) is 52.7 Å². The molecule has 0 aliphatic carbocycles. The molecule has 1 aliphatic rings. The lowest BCUT2D eigenvalue weighted by Gasteiger charge is -2.32. The first-order valence-corrected chi connectivity index (χ1v) is 11.2. The summed E-state index contributed by atoms with van der Waals surface area (Å²) in [6.07, 6.45) is 2.39. The van der Waals surface area contributed by atoms with E-state index in [1.165, 1.54) is 0 Å². The van der Waals surface area contributed by atoms with E-state index in [2.05, 4.69) is 20.5 Å². The Morgan fingerprint density at radius 3 is 2.50 bits per heavy atom. The molecule has 0 amide bonds. The monoisotopic (exact) mass is 547 g/mol. The summed E-state index contributed by atoms with van der Waals surface area (Å²) in [5, 5.41) is 6.42. The fourth-order valence-electron chi connectivity index (χ4n) is 3.23. The standard InChI is InChI=1S/C20H29N5O3S.HI/c1-21-20(22-10-9-18-7-5-15-28-18)23-16-17-6-3-4-8-19(17)29(26,27)25-13-11-24(2)12-14-25;/h3-8,15H,9-14,16H2,1-2H3,(H2,21,22,23);1H. The van der Waals surface area contributed by atoms with Crippen molar-refractivity contribution in [2.75, 3.05) is 46.8 Å². The molecule has 1 saturated heterocycles. The highest BCUT2D eigenvalue weighted by molar-refractivity contribution is 14.0. The molecule has 1 fully saturated rings. The second-order valence-electron chi connectivity index (χ2n) is 7.00. The van der Waals surface area contributed by atoms with Crippen LogP contribution in [0.4, 0.5) is 0 Å². The Bertz CT molecular complexity index is 910. The van der Waals surface area contributed by atoms with Gasteiger partial charge in [0.05, 0.1) is 11.2 Å². The number of sulfonamides is 1. The van der Waals surface area contributed by atoms with E-state index in [9.17, 15) is 8.42 Å². The minimum atomic E-state index is -3.52. The van der Waals surface area contributed by atoms with Crippen molar-refractivity contribution in [3.8, 4) is 0 Å². The number of guanidine groups is 1. The summed E-state index contributed by atoms with van der Waals surface area (Å²) in [5.41, 5.74) is 0.723. The van der Waals surface area contributed by atoms with Crippen LogP contribution in [0.25, 0.3) is 0 Å². The van der Waals surface area contributed by atoms with Gasteiger partial charge in [-0.15, -0.1) is 24.0 Å². The molecule has 2 heterocycles. The maximum Gasteiger partial charge on any atom is 0.243 e. The number of nitrogens with one attached hydrogen (secondary N) is 2. The summed E-state index contributed by atoms with van der Waals surface area (Å²) in [6.45, 7) is 3.53. The van der Waals surface area contributed by atoms with Crippen molar-refractivity contribution in [2.45, 2.75) is 17.9 Å². The van der Waals surface area contributed by atoms with Crippen LogP contribution in [0.3, 0.4) is 0 Å². The number of furan rings is 1. The molecule has 0 saturated carbocycles. The van der Waals surface area contributed by atoms with E-state index in [0.29, 0.717) is 37.0 Å². The van der Waals surface area contributed by atoms with Crippen LogP contribution in [-0.4, -0.2) is 70.4 Å². The van der Waals surface area contributed by atoms with E-state index < -0.39 is 10.0 Å². The van der Waals surface area contributed by atoms with Gasteiger partial charge in [-0.3, -0.25) is 4.99 Å². The second-order valence-corrected chi connectivity index (χ2v) is 8.90. The summed E-state index contributed by atoms with van der Waals surface area (Å²) in [6, 6.07) is 10.9. The molecule has 2 N–H and O–H groups in total. The Hall–Kier alpha value is -1.63. The number of likely N-dealkylation sites (N-methyl/N-ethyl adjacent to an activating group) is 1. The van der Waals surface area contributed by atoms with Crippen LogP contribution in [0.5, 0.6) is 0 Å². The van der Waals surface area contributed by atoms with Crippen molar-refractivity contribution in [3.05, 3.63) is 54.0 Å². The van der Waals surface area contributed by atoms with Gasteiger partial charge in [0.25, 0.3) is 0 Å². The van der Waals surface area contributed by atoms with Crippen LogP contribution >= 0.6 is 24.0 Å². The smallest absolute Gasteiger partial charge is 0.243 e. The summed E-state index contributed by atoms with van der Waals surface area (Å²) in [7, 11) is 0.173. The lowest BCUT2D eigenvalue weighted by atomic mass is 10.2. The van der Waals surface area contributed by atoms with Gasteiger partial charge >= 0.3 is 0 Å². The Morgan fingerprint density at radius 2 is 1.83 bits per heavy atom. The molecule has 10 heteroatoms. The van der Waals surface area contributed by atoms with Gasteiger partial charge in [-0.05, 0) is 30.8 Å². The van der Waals surface area contributed by atoms with Crippen LogP contribution in [0.1, 0.15) is 11.3 Å². The second kappa shape index (κ2) is 11.7. The van der Waals surface area contributed by atoms with Crippen molar-refractivity contribution >= 4 is 40.0 Å².